The van der Waals surface area contributed by atoms with Gasteiger partial charge in [0.15, 0.2) is 0 Å². The first-order valence-electron chi connectivity index (χ1n) is 6.27. The molecule has 2 atom stereocenters. The van der Waals surface area contributed by atoms with Gasteiger partial charge in [0.05, 0.1) is 13.2 Å². The number of nitrogens with one attached hydrogen (secondary N) is 1. The fourth-order valence-corrected chi connectivity index (χ4v) is 1.83. The van der Waals surface area contributed by atoms with Crippen LogP contribution in [0.25, 0.3) is 0 Å². The van der Waals surface area contributed by atoms with Crippen LogP contribution in [0.1, 0.15) is 25.8 Å². The largest absolute Gasteiger partial charge is 0.497 e. The fourth-order valence-electron chi connectivity index (χ4n) is 1.83. The Hall–Kier alpha value is -1.10. The maximum atomic E-state index is 10.6. The lowest BCUT2D eigenvalue weighted by molar-refractivity contribution is 0.0297. The van der Waals surface area contributed by atoms with Crippen LogP contribution >= 0.6 is 0 Å². The van der Waals surface area contributed by atoms with Crippen LogP contribution in [-0.2, 0) is 5.60 Å². The topological polar surface area (TPSA) is 61.7 Å². The molecule has 0 spiro atoms. The number of aliphatic hydroxyl groups excluding tert-OH is 1. The highest BCUT2D eigenvalue weighted by Crippen LogP contribution is 2.27. The zero-order chi connectivity index (χ0) is 13.6. The number of aliphatic hydroxyl groups is 2. The Morgan fingerprint density at radius 2 is 2.17 bits per heavy atom. The molecule has 0 aliphatic heterocycles. The van der Waals surface area contributed by atoms with Crippen molar-refractivity contribution in [2.75, 3.05) is 20.2 Å². The van der Waals surface area contributed by atoms with Crippen LogP contribution in [0, 0.1) is 0 Å². The van der Waals surface area contributed by atoms with Crippen molar-refractivity contribution >= 4 is 0 Å². The number of methoxy groups -OCH3 is 1. The average Bonchev–Trinajstić information content (AvgIpc) is 2.38. The summed E-state index contributed by atoms with van der Waals surface area (Å²) in [5.74, 6) is 0.731. The lowest BCUT2D eigenvalue weighted by atomic mass is 9.91. The molecule has 1 aromatic carbocycles. The highest BCUT2D eigenvalue weighted by Gasteiger charge is 2.27. The summed E-state index contributed by atoms with van der Waals surface area (Å²) in [5.41, 5.74) is -0.119. The van der Waals surface area contributed by atoms with Crippen LogP contribution in [0.4, 0.5) is 0 Å². The summed E-state index contributed by atoms with van der Waals surface area (Å²) in [4.78, 5) is 0. The predicted octanol–water partition coefficient (Wildman–Crippen LogP) is 1.26. The van der Waals surface area contributed by atoms with E-state index in [-0.39, 0.29) is 0 Å². The lowest BCUT2D eigenvalue weighted by Crippen LogP contribution is -2.40. The van der Waals surface area contributed by atoms with Crippen molar-refractivity contribution in [1.29, 1.82) is 0 Å². The summed E-state index contributed by atoms with van der Waals surface area (Å²) in [6, 6.07) is 7.44. The Labute approximate surface area is 109 Å². The first-order valence-corrected chi connectivity index (χ1v) is 6.27. The molecule has 0 bridgehead atoms. The molecule has 0 saturated carbocycles. The van der Waals surface area contributed by atoms with Gasteiger partial charge in [-0.25, -0.2) is 0 Å². The summed E-state index contributed by atoms with van der Waals surface area (Å²) in [7, 11) is 1.61. The molecule has 3 N–H and O–H groups in total. The minimum absolute atomic E-state index is 0.404. The minimum atomic E-state index is -0.941. The second kappa shape index (κ2) is 6.73. The van der Waals surface area contributed by atoms with Gasteiger partial charge in [0.2, 0.25) is 0 Å². The molecule has 18 heavy (non-hydrogen) atoms. The zero-order valence-corrected chi connectivity index (χ0v) is 11.3. The number of hydrogen-bond acceptors (Lipinski definition) is 4. The monoisotopic (exact) mass is 253 g/mol. The van der Waals surface area contributed by atoms with Crippen LogP contribution in [0.5, 0.6) is 5.75 Å². The Balaban J connectivity index is 2.78. The van der Waals surface area contributed by atoms with E-state index in [0.717, 1.165) is 11.3 Å². The van der Waals surface area contributed by atoms with E-state index in [1.165, 1.54) is 0 Å². The van der Waals surface area contributed by atoms with Crippen LogP contribution < -0.4 is 10.1 Å². The van der Waals surface area contributed by atoms with E-state index in [2.05, 4.69) is 5.32 Å². The number of ether oxygens (including phenoxy) is 1. The van der Waals surface area contributed by atoms with Gasteiger partial charge in [-0.2, -0.15) is 0 Å². The van der Waals surface area contributed by atoms with Gasteiger partial charge in [0.1, 0.15) is 11.4 Å². The van der Waals surface area contributed by atoms with Gasteiger partial charge in [-0.3, -0.25) is 0 Å². The molecule has 0 aromatic heterocycles. The number of rotatable bonds is 7. The van der Waals surface area contributed by atoms with Crippen LogP contribution in [0.15, 0.2) is 24.3 Å². The molecule has 0 amide bonds. The highest BCUT2D eigenvalue weighted by molar-refractivity contribution is 5.32. The minimum Gasteiger partial charge on any atom is -0.497 e. The Kier molecular flexibility index (Phi) is 5.59. The molecule has 2 unspecified atom stereocenters. The fraction of sp³-hybridized carbons (Fsp3) is 0.571. The molecule has 4 heteroatoms. The van der Waals surface area contributed by atoms with Gasteiger partial charge < -0.3 is 20.3 Å². The molecular weight excluding hydrogens is 230 g/mol. The Bertz CT molecular complexity index is 368. The molecule has 0 fully saturated rings. The first-order chi connectivity index (χ1) is 8.51. The summed E-state index contributed by atoms with van der Waals surface area (Å²) >= 11 is 0. The Morgan fingerprint density at radius 3 is 2.72 bits per heavy atom. The molecular formula is C14H23NO3. The summed E-state index contributed by atoms with van der Waals surface area (Å²) < 4.78 is 5.17. The highest BCUT2D eigenvalue weighted by atomic mass is 16.5. The third-order valence-corrected chi connectivity index (χ3v) is 3.05. The van der Waals surface area contributed by atoms with Crippen molar-refractivity contribution in [3.63, 3.8) is 0 Å². The van der Waals surface area contributed by atoms with E-state index in [9.17, 15) is 10.2 Å². The predicted molar refractivity (Wildman–Crippen MR) is 71.7 cm³/mol. The van der Waals surface area contributed by atoms with Crippen molar-refractivity contribution in [2.24, 2.45) is 0 Å². The maximum Gasteiger partial charge on any atom is 0.119 e. The molecule has 0 aliphatic carbocycles. The van der Waals surface area contributed by atoms with Gasteiger partial charge in [0.25, 0.3) is 0 Å². The van der Waals surface area contributed by atoms with Crippen LogP contribution in [0.2, 0.25) is 0 Å². The van der Waals surface area contributed by atoms with Crippen molar-refractivity contribution < 1.29 is 14.9 Å². The molecule has 0 aliphatic rings. The first kappa shape index (κ1) is 15.0. The van der Waals surface area contributed by atoms with Gasteiger partial charge in [0, 0.05) is 13.1 Å². The summed E-state index contributed by atoms with van der Waals surface area (Å²) in [6.45, 7) is 4.51. The summed E-state index contributed by atoms with van der Waals surface area (Å²) in [6.07, 6.45) is 0.170. The molecule has 1 aromatic rings. The number of hydrogen-bond donors (Lipinski definition) is 3. The molecule has 4 nitrogen and oxygen atoms in total. The van der Waals surface area contributed by atoms with Crippen LogP contribution in [-0.4, -0.2) is 36.5 Å². The molecule has 102 valence electrons. The Morgan fingerprint density at radius 1 is 1.44 bits per heavy atom. The summed E-state index contributed by atoms with van der Waals surface area (Å²) in [5, 5.41) is 22.9. The average molecular weight is 253 g/mol. The van der Waals surface area contributed by atoms with E-state index in [1.807, 2.05) is 31.2 Å². The molecule has 0 radical (unpaired) electrons. The lowest BCUT2D eigenvalue weighted by Gasteiger charge is -2.28. The zero-order valence-electron chi connectivity index (χ0n) is 11.3. The third kappa shape index (κ3) is 3.98. The van der Waals surface area contributed by atoms with Gasteiger partial charge >= 0.3 is 0 Å². The maximum absolute atomic E-state index is 10.6. The second-order valence-corrected chi connectivity index (χ2v) is 4.60. The third-order valence-electron chi connectivity index (χ3n) is 3.05. The van der Waals surface area contributed by atoms with Gasteiger partial charge in [-0.05, 0) is 31.0 Å². The van der Waals surface area contributed by atoms with Crippen LogP contribution in [0.3, 0.4) is 0 Å². The second-order valence-electron chi connectivity index (χ2n) is 4.60. The SMILES string of the molecule is CCC(O)(CNCC(C)O)c1cccc(OC)c1. The van der Waals surface area contributed by atoms with Crippen molar-refractivity contribution in [3.8, 4) is 5.75 Å². The van der Waals surface area contributed by atoms with E-state index < -0.39 is 11.7 Å². The van der Waals surface area contributed by atoms with E-state index >= 15 is 0 Å². The van der Waals surface area contributed by atoms with E-state index in [1.54, 1.807) is 14.0 Å². The van der Waals surface area contributed by atoms with Gasteiger partial charge in [-0.15, -0.1) is 0 Å². The standard InChI is InChI=1S/C14H23NO3/c1-4-14(17,10-15-9-11(2)16)12-6-5-7-13(8-12)18-3/h5-8,11,15-17H,4,9-10H2,1-3H3. The van der Waals surface area contributed by atoms with Crippen molar-refractivity contribution in [1.82, 2.24) is 5.32 Å². The molecule has 0 saturated heterocycles. The molecule has 0 heterocycles. The smallest absolute Gasteiger partial charge is 0.119 e. The van der Waals surface area contributed by atoms with Crippen molar-refractivity contribution in [2.45, 2.75) is 32.0 Å². The van der Waals surface area contributed by atoms with E-state index in [4.69, 9.17) is 4.74 Å². The van der Waals surface area contributed by atoms with E-state index in [0.29, 0.717) is 19.5 Å². The number of benzene rings is 1. The van der Waals surface area contributed by atoms with Crippen molar-refractivity contribution in [3.05, 3.63) is 29.8 Å². The normalized spacial score (nSPS) is 16.1. The quantitative estimate of drug-likeness (QED) is 0.684. The molecule has 1 rings (SSSR count). The van der Waals surface area contributed by atoms with Gasteiger partial charge in [-0.1, -0.05) is 19.1 Å².